The number of hydrogen-bond donors (Lipinski definition) is 5. The van der Waals surface area contributed by atoms with E-state index < -0.39 is 28.4 Å². The fraction of sp³-hybridized carbons (Fsp3) is 0.243. The number of nitrogens with zero attached hydrogens (tertiary/aromatic N) is 13. The monoisotopic (exact) mass is 1450 g/mol. The van der Waals surface area contributed by atoms with Crippen molar-refractivity contribution in [3.63, 3.8) is 0 Å². The van der Waals surface area contributed by atoms with Gasteiger partial charge >= 0.3 is 11.9 Å². The molecule has 0 unspecified atom stereocenters. The summed E-state index contributed by atoms with van der Waals surface area (Å²) in [5.74, 6) is 0.828. The van der Waals surface area contributed by atoms with Gasteiger partial charge in [-0.3, -0.25) is 43.8 Å². The number of hydrogen-bond acceptors (Lipinski definition) is 23. The van der Waals surface area contributed by atoms with E-state index in [9.17, 15) is 29.3 Å². The van der Waals surface area contributed by atoms with Gasteiger partial charge in [-0.25, -0.2) is 14.5 Å². The number of benzene rings is 1. The van der Waals surface area contributed by atoms with Crippen LogP contribution in [0.25, 0.3) is 68.1 Å². The van der Waals surface area contributed by atoms with Crippen LogP contribution in [0.2, 0.25) is 0 Å². The van der Waals surface area contributed by atoms with E-state index in [2.05, 4.69) is 61.4 Å². The molecule has 0 aliphatic carbocycles. The Hall–Kier alpha value is -13.2. The third-order valence-corrected chi connectivity index (χ3v) is 16.1. The van der Waals surface area contributed by atoms with Gasteiger partial charge in [-0.05, 0) is 129 Å². The van der Waals surface area contributed by atoms with Gasteiger partial charge in [0.05, 0.1) is 115 Å². The van der Waals surface area contributed by atoms with E-state index in [1.54, 1.807) is 129 Å². The number of ether oxygens (including phenoxy) is 6. The molecule has 1 aliphatic rings. The van der Waals surface area contributed by atoms with E-state index >= 15 is 0 Å². The number of carbonyl (C=O) groups excluding carboxylic acids is 4. The van der Waals surface area contributed by atoms with Crippen molar-refractivity contribution in [3.8, 4) is 73.9 Å². The van der Waals surface area contributed by atoms with Crippen molar-refractivity contribution in [2.75, 3.05) is 63.2 Å². The number of carbonyl (C=O) groups is 4. The first-order chi connectivity index (χ1) is 52.1. The second-order valence-corrected chi connectivity index (χ2v) is 24.5. The molecule has 12 aromatic heterocycles. The van der Waals surface area contributed by atoms with Crippen LogP contribution in [-0.2, 0) is 43.6 Å². The summed E-state index contributed by atoms with van der Waals surface area (Å²) in [6.07, 6.45) is 19.9. The van der Waals surface area contributed by atoms with Crippen LogP contribution in [0, 0.1) is 10.1 Å². The molecule has 0 radical (unpaired) electrons. The Morgan fingerprint density at radius 2 is 1.20 bits per heavy atom. The van der Waals surface area contributed by atoms with E-state index in [1.807, 2.05) is 78.5 Å². The van der Waals surface area contributed by atoms with Crippen LogP contribution in [0.15, 0.2) is 203 Å². The molecule has 107 heavy (non-hydrogen) atoms. The van der Waals surface area contributed by atoms with Gasteiger partial charge in [0.1, 0.15) is 52.4 Å². The first kappa shape index (κ1) is 73.5. The highest BCUT2D eigenvalue weighted by Gasteiger charge is 2.28. The molecule has 0 atom stereocenters. The smallest absolute Gasteiger partial charge is 0.435 e. The Morgan fingerprint density at radius 3 is 1.73 bits per heavy atom. The van der Waals surface area contributed by atoms with Crippen molar-refractivity contribution in [1.29, 1.82) is 0 Å². The second kappa shape index (κ2) is 34.8. The zero-order valence-corrected chi connectivity index (χ0v) is 58.7. The highest BCUT2D eigenvalue weighted by Crippen LogP contribution is 2.34. The predicted molar refractivity (Wildman–Crippen MR) is 387 cm³/mol. The lowest BCUT2D eigenvalue weighted by molar-refractivity contribution is -0.389. The highest BCUT2D eigenvalue weighted by molar-refractivity contribution is 6.06. The van der Waals surface area contributed by atoms with Gasteiger partial charge in [0.15, 0.2) is 17.3 Å². The summed E-state index contributed by atoms with van der Waals surface area (Å²) in [4.78, 5) is 77.6. The topological polar surface area (TPSA) is 397 Å². The molecule has 1 aromatic carbocycles. The molecule has 13 aromatic rings. The third kappa shape index (κ3) is 19.1. The molecule has 3 amide bonds. The number of nitro groups is 1. The van der Waals surface area contributed by atoms with Crippen molar-refractivity contribution < 1.29 is 65.8 Å². The van der Waals surface area contributed by atoms with E-state index in [0.29, 0.717) is 119 Å². The number of anilines is 3. The maximum absolute atomic E-state index is 13.1. The summed E-state index contributed by atoms with van der Waals surface area (Å²) in [6.45, 7) is 9.22. The van der Waals surface area contributed by atoms with Crippen LogP contribution in [0.5, 0.6) is 5.75 Å². The van der Waals surface area contributed by atoms with E-state index in [-0.39, 0.29) is 48.4 Å². The van der Waals surface area contributed by atoms with E-state index in [4.69, 9.17) is 46.8 Å². The predicted octanol–water partition coefficient (Wildman–Crippen LogP) is 12.9. The minimum Gasteiger partial charge on any atom is -0.497 e. The summed E-state index contributed by atoms with van der Waals surface area (Å²) in [6, 6.07) is 35.2. The number of pyridine rings is 3. The van der Waals surface area contributed by atoms with Crippen LogP contribution >= 0.6 is 0 Å². The summed E-state index contributed by atoms with van der Waals surface area (Å²) in [5.41, 5.74) is 6.80. The molecule has 0 spiro atoms. The number of furan rings is 3. The minimum atomic E-state index is -0.920. The fourth-order valence-corrected chi connectivity index (χ4v) is 10.8. The van der Waals surface area contributed by atoms with Gasteiger partial charge in [-0.15, -0.1) is 0 Å². The molecule has 0 bridgehead atoms. The van der Waals surface area contributed by atoms with Crippen LogP contribution in [0.4, 0.5) is 27.7 Å². The van der Waals surface area contributed by atoms with Crippen molar-refractivity contribution in [3.05, 3.63) is 222 Å². The van der Waals surface area contributed by atoms with Gasteiger partial charge in [0.2, 0.25) is 0 Å². The summed E-state index contributed by atoms with van der Waals surface area (Å²) >= 11 is 0. The molecule has 33 heteroatoms. The SMILES string of the molecule is CCCOCn1cc(NC(=O)c2ccc(-c3c[nH]c([N+](=O)[O-])c3)o2)c(-c2ccccn2)n1.COCCn1cc(NC(=O)c2ccc(-c3cnn(C(=O)OC(C)(C)COCc4ccc(OC)cc4)c3)o2)c(-c2ccccn2)n1.O=C(Nc1cn(C2CCOCC2)nc1-c1ccccn1)c1ccc(-c2cn[nH]c2)o1. The molecule has 1 saturated heterocycles. The Balaban J connectivity index is 0.000000154. The van der Waals surface area contributed by atoms with E-state index in [0.717, 1.165) is 40.8 Å². The third-order valence-electron chi connectivity index (χ3n) is 16.1. The molecular formula is C74H74N18O15. The number of aromatic nitrogens is 14. The molecular weight excluding hydrogens is 1380 g/mol. The van der Waals surface area contributed by atoms with Crippen molar-refractivity contribution in [2.24, 2.45) is 0 Å². The Labute approximate surface area is 610 Å². The Bertz CT molecular complexity index is 5070. The number of H-pyrrole nitrogens is 2. The maximum atomic E-state index is 13.1. The molecule has 5 N–H and O–H groups in total. The van der Waals surface area contributed by atoms with Crippen molar-refractivity contribution in [1.82, 2.24) is 69.3 Å². The molecule has 550 valence electrons. The van der Waals surface area contributed by atoms with Gasteiger partial charge in [-0.1, -0.05) is 37.3 Å². The first-order valence-corrected chi connectivity index (χ1v) is 33.7. The van der Waals surface area contributed by atoms with Crippen LogP contribution in [-0.4, -0.2) is 151 Å². The minimum absolute atomic E-state index is 0.0470. The zero-order valence-electron chi connectivity index (χ0n) is 58.7. The zero-order chi connectivity index (χ0) is 74.7. The fourth-order valence-electron chi connectivity index (χ4n) is 10.8. The average Bonchev–Trinajstić information content (AvgIpc) is 1.68. The van der Waals surface area contributed by atoms with Crippen LogP contribution in [0.1, 0.15) is 83.3 Å². The summed E-state index contributed by atoms with van der Waals surface area (Å²) in [7, 11) is 3.22. The first-order valence-electron chi connectivity index (χ1n) is 33.7. The average molecular weight is 1460 g/mol. The number of nitrogens with one attached hydrogen (secondary N) is 5. The molecule has 1 aliphatic heterocycles. The molecule has 14 rings (SSSR count). The number of amides is 3. The molecule has 0 saturated carbocycles. The van der Waals surface area contributed by atoms with Crippen LogP contribution < -0.4 is 20.7 Å². The lowest BCUT2D eigenvalue weighted by Crippen LogP contribution is -2.35. The molecule has 13 heterocycles. The normalized spacial score (nSPS) is 12.2. The largest absolute Gasteiger partial charge is 0.497 e. The summed E-state index contributed by atoms with van der Waals surface area (Å²) < 4.78 is 56.1. The van der Waals surface area contributed by atoms with Gasteiger partial charge in [0.25, 0.3) is 17.7 Å². The van der Waals surface area contributed by atoms with E-state index in [1.165, 1.54) is 30.7 Å². The quantitative estimate of drug-likeness (QED) is 0.0181. The molecule has 33 nitrogen and oxygen atoms in total. The second-order valence-electron chi connectivity index (χ2n) is 24.5. The van der Waals surface area contributed by atoms with Crippen LogP contribution in [0.3, 0.4) is 0 Å². The van der Waals surface area contributed by atoms with Gasteiger partial charge in [-0.2, -0.15) is 30.2 Å². The number of rotatable bonds is 27. The van der Waals surface area contributed by atoms with Gasteiger partial charge < -0.3 is 67.7 Å². The molecule has 1 fully saturated rings. The van der Waals surface area contributed by atoms with Crippen molar-refractivity contribution >= 4 is 46.7 Å². The summed E-state index contributed by atoms with van der Waals surface area (Å²) in [5, 5.41) is 44.0. The number of methoxy groups -OCH3 is 2. The lowest BCUT2D eigenvalue weighted by atomic mass is 10.1. The Morgan fingerprint density at radius 1 is 0.636 bits per heavy atom. The maximum Gasteiger partial charge on any atom is 0.435 e. The number of aromatic amines is 2. The Kier molecular flexibility index (Phi) is 23.9. The van der Waals surface area contributed by atoms with Crippen molar-refractivity contribution in [2.45, 2.75) is 71.6 Å². The highest BCUT2D eigenvalue weighted by atomic mass is 16.6. The van der Waals surface area contributed by atoms with Gasteiger partial charge in [0, 0.05) is 76.4 Å². The lowest BCUT2D eigenvalue weighted by Gasteiger charge is -2.24. The standard InChI is InChI=1S/C32H34N6O7.C21H20N6O5.C21H20N6O3/c1-32(2,21-43-20-22-8-10-24(42-4)11-9-22)45-31(40)38-18-23(17-34-38)27-12-13-28(44-27)30(39)35-26-19-37(15-16-41-3)36-29(26)25-7-5-6-14-33-25;1-2-9-31-13-26-12-16(20(25-26)15-5-3-4-8-22-15)24-21(28)18-7-6-17(32-18)14-10-19(23-11-14)27(29)30;28-21(19-5-4-18(30-19)14-11-23-24-12-14)25-17-13-27(15-6-9-29-10-7-15)26-20(17)16-3-1-2-8-22-16/h5-14,17-19H,15-16,20-21H2,1-4H3,(H,35,39);3-8,10-12,23H,2,9,13H2,1H3,(H,24,28);1-5,8,11-13,15H,6-7,9-10H2,(H,23,24)(H,25,28).